The van der Waals surface area contributed by atoms with Gasteiger partial charge in [0.1, 0.15) is 18.1 Å². The molecule has 0 fully saturated rings. The molecule has 0 aliphatic heterocycles. The molecule has 0 spiro atoms. The van der Waals surface area contributed by atoms with Crippen molar-refractivity contribution in [3.05, 3.63) is 42.2 Å². The molecule has 130 valence electrons. The molecule has 1 N–H and O–H groups in total. The molecule has 1 heterocycles. The molecule has 1 aromatic heterocycles. The quantitative estimate of drug-likeness (QED) is 0.727. The van der Waals surface area contributed by atoms with E-state index in [4.69, 9.17) is 4.74 Å². The van der Waals surface area contributed by atoms with Crippen LogP contribution >= 0.6 is 0 Å². The highest BCUT2D eigenvalue weighted by Crippen LogP contribution is 2.10. The van der Waals surface area contributed by atoms with Gasteiger partial charge in [-0.3, -0.25) is 9.48 Å². The topological polar surface area (TPSA) is 69.0 Å². The van der Waals surface area contributed by atoms with E-state index in [1.807, 2.05) is 43.5 Å². The van der Waals surface area contributed by atoms with E-state index in [-0.39, 0.29) is 11.9 Å². The fraction of sp³-hybridized carbons (Fsp3) is 0.500. The number of aryl methyl sites for hydroxylation is 1. The Morgan fingerprint density at radius 1 is 1.33 bits per heavy atom. The highest BCUT2D eigenvalue weighted by Gasteiger charge is 2.07. The standard InChI is InChI=1S/C18H26N4O2/c1-3-8-15(2)19-18(23)11-7-12-22-13-16(20-21-22)14-24-17-9-5-4-6-10-17/h4-6,9-10,13,15H,3,7-8,11-12,14H2,1-2H3,(H,19,23). The van der Waals surface area contributed by atoms with Crippen LogP contribution in [0, 0.1) is 0 Å². The summed E-state index contributed by atoms with van der Waals surface area (Å²) in [6, 6.07) is 9.86. The summed E-state index contributed by atoms with van der Waals surface area (Å²) in [5.41, 5.74) is 0.778. The second kappa shape index (κ2) is 9.70. The van der Waals surface area contributed by atoms with Gasteiger partial charge in [0, 0.05) is 19.0 Å². The van der Waals surface area contributed by atoms with Gasteiger partial charge in [0.2, 0.25) is 5.91 Å². The first kappa shape index (κ1) is 18.0. The summed E-state index contributed by atoms with van der Waals surface area (Å²) in [7, 11) is 0. The number of ether oxygens (including phenoxy) is 1. The average molecular weight is 330 g/mol. The van der Waals surface area contributed by atoms with Crippen LogP contribution in [0.25, 0.3) is 0 Å². The number of para-hydroxylation sites is 1. The third kappa shape index (κ3) is 6.40. The minimum absolute atomic E-state index is 0.101. The van der Waals surface area contributed by atoms with Crippen molar-refractivity contribution in [1.82, 2.24) is 20.3 Å². The Bertz CT molecular complexity index is 612. The monoisotopic (exact) mass is 330 g/mol. The molecular formula is C18H26N4O2. The summed E-state index contributed by atoms with van der Waals surface area (Å²) in [5.74, 6) is 0.911. The van der Waals surface area contributed by atoms with Gasteiger partial charge in [0.05, 0.1) is 6.20 Å². The van der Waals surface area contributed by atoms with Crippen LogP contribution in [-0.4, -0.2) is 26.9 Å². The number of nitrogens with zero attached hydrogens (tertiary/aromatic N) is 3. The van der Waals surface area contributed by atoms with Gasteiger partial charge in [-0.25, -0.2) is 0 Å². The van der Waals surface area contributed by atoms with E-state index in [1.165, 1.54) is 0 Å². The minimum atomic E-state index is 0.101. The molecular weight excluding hydrogens is 304 g/mol. The summed E-state index contributed by atoms with van der Waals surface area (Å²) in [4.78, 5) is 11.8. The number of carbonyl (C=O) groups is 1. The molecule has 1 aromatic carbocycles. The van der Waals surface area contributed by atoms with Crippen molar-refractivity contribution in [3.63, 3.8) is 0 Å². The van der Waals surface area contributed by atoms with Crippen LogP contribution in [0.2, 0.25) is 0 Å². The lowest BCUT2D eigenvalue weighted by atomic mass is 10.2. The summed E-state index contributed by atoms with van der Waals surface area (Å²) >= 11 is 0. The van der Waals surface area contributed by atoms with E-state index in [2.05, 4.69) is 22.6 Å². The zero-order valence-electron chi connectivity index (χ0n) is 14.4. The number of hydrogen-bond donors (Lipinski definition) is 1. The summed E-state index contributed by atoms with van der Waals surface area (Å²) < 4.78 is 7.39. The number of nitrogens with one attached hydrogen (secondary N) is 1. The maximum absolute atomic E-state index is 11.8. The molecule has 24 heavy (non-hydrogen) atoms. The molecule has 1 amide bonds. The first-order chi connectivity index (χ1) is 11.7. The minimum Gasteiger partial charge on any atom is -0.487 e. The maximum atomic E-state index is 11.8. The maximum Gasteiger partial charge on any atom is 0.220 e. The van der Waals surface area contributed by atoms with Gasteiger partial charge in [0.25, 0.3) is 0 Å². The van der Waals surface area contributed by atoms with Crippen LogP contribution in [-0.2, 0) is 17.9 Å². The van der Waals surface area contributed by atoms with E-state index in [9.17, 15) is 4.79 Å². The van der Waals surface area contributed by atoms with Gasteiger partial charge >= 0.3 is 0 Å². The number of benzene rings is 1. The number of carbonyl (C=O) groups excluding carboxylic acids is 1. The lowest BCUT2D eigenvalue weighted by Gasteiger charge is -2.12. The van der Waals surface area contributed by atoms with Gasteiger partial charge < -0.3 is 10.1 Å². The molecule has 6 nitrogen and oxygen atoms in total. The first-order valence-corrected chi connectivity index (χ1v) is 8.53. The van der Waals surface area contributed by atoms with Crippen LogP contribution in [0.3, 0.4) is 0 Å². The van der Waals surface area contributed by atoms with Gasteiger partial charge in [0.15, 0.2) is 0 Å². The van der Waals surface area contributed by atoms with Crippen molar-refractivity contribution in [3.8, 4) is 5.75 Å². The first-order valence-electron chi connectivity index (χ1n) is 8.53. The molecule has 1 atom stereocenters. The summed E-state index contributed by atoms with van der Waals surface area (Å²) in [5, 5.41) is 11.2. The van der Waals surface area contributed by atoms with E-state index in [1.54, 1.807) is 4.68 Å². The van der Waals surface area contributed by atoms with Crippen LogP contribution < -0.4 is 10.1 Å². The number of rotatable bonds is 10. The van der Waals surface area contributed by atoms with E-state index >= 15 is 0 Å². The molecule has 0 aliphatic rings. The zero-order chi connectivity index (χ0) is 17.2. The van der Waals surface area contributed by atoms with Gasteiger partial charge in [-0.05, 0) is 31.9 Å². The fourth-order valence-electron chi connectivity index (χ4n) is 2.44. The van der Waals surface area contributed by atoms with Gasteiger partial charge in [-0.2, -0.15) is 0 Å². The third-order valence-electron chi connectivity index (χ3n) is 3.64. The predicted octanol–water partition coefficient (Wildman–Crippen LogP) is 2.94. The Balaban J connectivity index is 1.67. The smallest absolute Gasteiger partial charge is 0.220 e. The number of amides is 1. The second-order valence-electron chi connectivity index (χ2n) is 5.94. The Morgan fingerprint density at radius 2 is 2.12 bits per heavy atom. The fourth-order valence-corrected chi connectivity index (χ4v) is 2.44. The highest BCUT2D eigenvalue weighted by atomic mass is 16.5. The summed E-state index contributed by atoms with van der Waals surface area (Å²) in [6.07, 6.45) is 5.20. The Morgan fingerprint density at radius 3 is 2.88 bits per heavy atom. The highest BCUT2D eigenvalue weighted by molar-refractivity contribution is 5.76. The normalized spacial score (nSPS) is 11.9. The molecule has 0 saturated carbocycles. The van der Waals surface area contributed by atoms with Crippen LogP contribution in [0.1, 0.15) is 45.2 Å². The molecule has 0 saturated heterocycles. The second-order valence-corrected chi connectivity index (χ2v) is 5.94. The van der Waals surface area contributed by atoms with Gasteiger partial charge in [-0.1, -0.05) is 36.8 Å². The molecule has 0 bridgehead atoms. The van der Waals surface area contributed by atoms with Crippen LogP contribution in [0.4, 0.5) is 0 Å². The molecule has 0 radical (unpaired) electrons. The van der Waals surface area contributed by atoms with Crippen LogP contribution in [0.5, 0.6) is 5.75 Å². The summed E-state index contributed by atoms with van der Waals surface area (Å²) in [6.45, 7) is 5.22. The number of hydrogen-bond acceptors (Lipinski definition) is 4. The Hall–Kier alpha value is -2.37. The predicted molar refractivity (Wildman–Crippen MR) is 92.5 cm³/mol. The molecule has 1 unspecified atom stereocenters. The lowest BCUT2D eigenvalue weighted by molar-refractivity contribution is -0.121. The van der Waals surface area contributed by atoms with Crippen molar-refractivity contribution in [2.75, 3.05) is 0 Å². The largest absolute Gasteiger partial charge is 0.487 e. The molecule has 0 aliphatic carbocycles. The third-order valence-corrected chi connectivity index (χ3v) is 3.64. The number of aromatic nitrogens is 3. The lowest BCUT2D eigenvalue weighted by Crippen LogP contribution is -2.32. The SMILES string of the molecule is CCCC(C)NC(=O)CCCn1cc(COc2ccccc2)nn1. The Kier molecular flexibility index (Phi) is 7.26. The Labute approximate surface area is 143 Å². The van der Waals surface area contributed by atoms with Crippen molar-refractivity contribution in [2.24, 2.45) is 0 Å². The zero-order valence-corrected chi connectivity index (χ0v) is 14.4. The van der Waals surface area contributed by atoms with Crippen molar-refractivity contribution < 1.29 is 9.53 Å². The van der Waals surface area contributed by atoms with E-state index < -0.39 is 0 Å². The average Bonchev–Trinajstić information content (AvgIpc) is 3.02. The van der Waals surface area contributed by atoms with Crippen LogP contribution in [0.15, 0.2) is 36.5 Å². The van der Waals surface area contributed by atoms with Crippen molar-refractivity contribution in [2.45, 2.75) is 58.7 Å². The van der Waals surface area contributed by atoms with Crippen molar-refractivity contribution in [1.29, 1.82) is 0 Å². The molecule has 2 aromatic rings. The molecule has 2 rings (SSSR count). The van der Waals surface area contributed by atoms with E-state index in [0.717, 1.165) is 30.7 Å². The van der Waals surface area contributed by atoms with Gasteiger partial charge in [-0.15, -0.1) is 5.10 Å². The van der Waals surface area contributed by atoms with Crippen molar-refractivity contribution >= 4 is 5.91 Å². The molecule has 6 heteroatoms. The van der Waals surface area contributed by atoms with E-state index in [0.29, 0.717) is 19.6 Å².